The molecule has 14 aromatic rings. The third kappa shape index (κ3) is 6.49. The minimum absolute atomic E-state index is 1.08. The van der Waals surface area contributed by atoms with Crippen molar-refractivity contribution >= 4 is 92.7 Å². The Kier molecular flexibility index (Phi) is 9.25. The van der Waals surface area contributed by atoms with E-state index in [0.717, 1.165) is 28.3 Å². The molecule has 0 aliphatic carbocycles. The number of hydrogen-bond donors (Lipinski definition) is 0. The van der Waals surface area contributed by atoms with Gasteiger partial charge in [0, 0.05) is 33.5 Å². The Morgan fingerprint density at radius 1 is 0.243 bits per heavy atom. The molecule has 0 bridgehead atoms. The predicted octanol–water partition coefficient (Wildman–Crippen LogP) is 19.0. The first-order chi connectivity index (χ1) is 34.7. The number of aromatic nitrogens is 1. The summed E-state index contributed by atoms with van der Waals surface area (Å²) >= 11 is 0. The van der Waals surface area contributed by atoms with Crippen LogP contribution in [0.5, 0.6) is 0 Å². The van der Waals surface area contributed by atoms with Crippen LogP contribution in [0, 0.1) is 0 Å². The summed E-state index contributed by atoms with van der Waals surface area (Å²) in [6.45, 7) is 0. The van der Waals surface area contributed by atoms with Crippen molar-refractivity contribution in [3.05, 3.63) is 267 Å². The Balaban J connectivity index is 0.928. The Bertz CT molecular complexity index is 4340. The third-order valence-electron chi connectivity index (χ3n) is 14.5. The molecule has 0 saturated heterocycles. The quantitative estimate of drug-likeness (QED) is 0.145. The van der Waals surface area contributed by atoms with Crippen molar-refractivity contribution in [3.63, 3.8) is 0 Å². The zero-order valence-electron chi connectivity index (χ0n) is 38.3. The highest BCUT2D eigenvalue weighted by molar-refractivity contribution is 6.25. The lowest BCUT2D eigenvalue weighted by Gasteiger charge is -2.26. The lowest BCUT2D eigenvalue weighted by Crippen LogP contribution is -2.10. The van der Waals surface area contributed by atoms with Gasteiger partial charge in [-0.1, -0.05) is 194 Å². The standard InChI is InChI=1S/C68H44N2/c1-2-18-53(19-3-1)70-65-27-13-26-61(68(65)67-60-23-9-5-15-47(60)35-41-66(67)70)50-17-12-20-56(43-50)69(54-36-30-45(31-37-54)49-34-40-59-52(42-49)29-28-46-14-4-7-21-57(46)59)55-38-32-48(33-39-55)64-44-51-16-6-8-22-58(51)62-24-10-11-25-63(62)64/h1-44H. The van der Waals surface area contributed by atoms with Gasteiger partial charge >= 0.3 is 0 Å². The number of benzene rings is 13. The normalized spacial score (nSPS) is 11.7. The molecule has 0 amide bonds. The van der Waals surface area contributed by atoms with Crippen LogP contribution in [0.15, 0.2) is 267 Å². The summed E-state index contributed by atoms with van der Waals surface area (Å²) in [6.07, 6.45) is 0. The summed E-state index contributed by atoms with van der Waals surface area (Å²) in [6, 6.07) is 98.1. The summed E-state index contributed by atoms with van der Waals surface area (Å²) in [5, 5.41) is 15.1. The van der Waals surface area contributed by atoms with Crippen LogP contribution in [0.25, 0.3) is 115 Å². The summed E-state index contributed by atoms with van der Waals surface area (Å²) in [5.41, 5.74) is 13.9. The maximum atomic E-state index is 2.43. The fourth-order valence-electron chi connectivity index (χ4n) is 11.3. The van der Waals surface area contributed by atoms with Gasteiger partial charge < -0.3 is 9.47 Å². The molecule has 1 aromatic heterocycles. The van der Waals surface area contributed by atoms with Gasteiger partial charge in [0.1, 0.15) is 0 Å². The predicted molar refractivity (Wildman–Crippen MR) is 299 cm³/mol. The van der Waals surface area contributed by atoms with Crippen molar-refractivity contribution in [3.8, 4) is 39.1 Å². The van der Waals surface area contributed by atoms with Crippen molar-refractivity contribution in [2.75, 3.05) is 4.90 Å². The summed E-state index contributed by atoms with van der Waals surface area (Å²) < 4.78 is 2.43. The van der Waals surface area contributed by atoms with Gasteiger partial charge in [-0.15, -0.1) is 0 Å². The van der Waals surface area contributed by atoms with Crippen molar-refractivity contribution in [2.24, 2.45) is 0 Å². The van der Waals surface area contributed by atoms with Gasteiger partial charge in [0.15, 0.2) is 0 Å². The molecule has 0 aliphatic rings. The molecule has 2 heteroatoms. The van der Waals surface area contributed by atoms with Crippen LogP contribution in [0.1, 0.15) is 0 Å². The molecule has 70 heavy (non-hydrogen) atoms. The van der Waals surface area contributed by atoms with Gasteiger partial charge in [0.25, 0.3) is 0 Å². The minimum atomic E-state index is 1.08. The number of anilines is 3. The summed E-state index contributed by atoms with van der Waals surface area (Å²) in [7, 11) is 0. The summed E-state index contributed by atoms with van der Waals surface area (Å²) in [5.74, 6) is 0. The van der Waals surface area contributed by atoms with Crippen LogP contribution in [-0.2, 0) is 0 Å². The lowest BCUT2D eigenvalue weighted by molar-refractivity contribution is 1.18. The minimum Gasteiger partial charge on any atom is -0.310 e. The van der Waals surface area contributed by atoms with E-state index in [1.54, 1.807) is 0 Å². The van der Waals surface area contributed by atoms with Crippen LogP contribution in [0.3, 0.4) is 0 Å². The fraction of sp³-hybridized carbons (Fsp3) is 0. The molecule has 13 aromatic carbocycles. The highest BCUT2D eigenvalue weighted by atomic mass is 15.1. The molecule has 326 valence electrons. The maximum absolute atomic E-state index is 2.43. The van der Waals surface area contributed by atoms with Crippen LogP contribution in [0.2, 0.25) is 0 Å². The smallest absolute Gasteiger partial charge is 0.0547 e. The lowest BCUT2D eigenvalue weighted by atomic mass is 9.93. The van der Waals surface area contributed by atoms with Crippen molar-refractivity contribution in [2.45, 2.75) is 0 Å². The fourth-order valence-corrected chi connectivity index (χ4v) is 11.3. The molecular formula is C68H44N2. The number of para-hydroxylation sites is 1. The molecule has 2 nitrogen and oxygen atoms in total. The highest BCUT2D eigenvalue weighted by Crippen LogP contribution is 2.45. The average Bonchev–Trinajstić information content (AvgIpc) is 3.79. The zero-order chi connectivity index (χ0) is 46.1. The maximum Gasteiger partial charge on any atom is 0.0547 e. The van der Waals surface area contributed by atoms with Gasteiger partial charge in [-0.3, -0.25) is 0 Å². The van der Waals surface area contributed by atoms with E-state index < -0.39 is 0 Å². The van der Waals surface area contributed by atoms with Gasteiger partial charge in [0.2, 0.25) is 0 Å². The second kappa shape index (κ2) is 16.2. The Hall–Kier alpha value is -9.24. The van der Waals surface area contributed by atoms with E-state index in [-0.39, 0.29) is 0 Å². The van der Waals surface area contributed by atoms with Gasteiger partial charge in [-0.05, 0) is 160 Å². The number of rotatable bonds is 7. The molecule has 14 rings (SSSR count). The van der Waals surface area contributed by atoms with Crippen molar-refractivity contribution < 1.29 is 0 Å². The zero-order valence-corrected chi connectivity index (χ0v) is 38.3. The van der Waals surface area contributed by atoms with Crippen LogP contribution >= 0.6 is 0 Å². The van der Waals surface area contributed by atoms with E-state index in [1.807, 2.05) is 0 Å². The topological polar surface area (TPSA) is 8.17 Å². The van der Waals surface area contributed by atoms with Crippen molar-refractivity contribution in [1.29, 1.82) is 0 Å². The Labute approximate surface area is 406 Å². The van der Waals surface area contributed by atoms with Crippen LogP contribution in [-0.4, -0.2) is 4.57 Å². The van der Waals surface area contributed by atoms with E-state index >= 15 is 0 Å². The first-order valence-corrected chi connectivity index (χ1v) is 24.2. The monoisotopic (exact) mass is 888 g/mol. The van der Waals surface area contributed by atoms with E-state index in [0.29, 0.717) is 0 Å². The second-order valence-corrected chi connectivity index (χ2v) is 18.4. The SMILES string of the molecule is c1ccc(-n2c3cccc(-c4cccc(N(c5ccc(-c6ccc7c(ccc8ccccc87)c6)cc5)c5ccc(-c6cc7ccccc7c7ccccc67)cc5)c4)c3c3c4ccccc4ccc32)cc1. The first kappa shape index (κ1) is 39.9. The summed E-state index contributed by atoms with van der Waals surface area (Å²) in [4.78, 5) is 2.41. The largest absolute Gasteiger partial charge is 0.310 e. The molecule has 0 saturated carbocycles. The van der Waals surface area contributed by atoms with Crippen LogP contribution in [0.4, 0.5) is 17.1 Å². The van der Waals surface area contributed by atoms with E-state index in [4.69, 9.17) is 0 Å². The van der Waals surface area contributed by atoms with Gasteiger partial charge in [-0.25, -0.2) is 0 Å². The second-order valence-electron chi connectivity index (χ2n) is 18.4. The highest BCUT2D eigenvalue weighted by Gasteiger charge is 2.20. The third-order valence-corrected chi connectivity index (χ3v) is 14.5. The molecule has 0 radical (unpaired) electrons. The first-order valence-electron chi connectivity index (χ1n) is 24.2. The Morgan fingerprint density at radius 2 is 0.786 bits per heavy atom. The molecule has 0 atom stereocenters. The molecule has 0 unspecified atom stereocenters. The van der Waals surface area contributed by atoms with Gasteiger partial charge in [-0.2, -0.15) is 0 Å². The average molecular weight is 889 g/mol. The molecule has 1 heterocycles. The number of nitrogens with zero attached hydrogens (tertiary/aromatic N) is 2. The number of hydrogen-bond acceptors (Lipinski definition) is 1. The van der Waals surface area contributed by atoms with E-state index in [9.17, 15) is 0 Å². The molecule has 0 fully saturated rings. The van der Waals surface area contributed by atoms with Gasteiger partial charge in [0.05, 0.1) is 11.0 Å². The van der Waals surface area contributed by atoms with Crippen LogP contribution < -0.4 is 4.90 Å². The van der Waals surface area contributed by atoms with Crippen molar-refractivity contribution in [1.82, 2.24) is 4.57 Å². The number of fused-ring (bicyclic) bond motifs is 11. The molecule has 0 N–H and O–H groups in total. The molecule has 0 aliphatic heterocycles. The molecular weight excluding hydrogens is 845 g/mol. The van der Waals surface area contributed by atoms with E-state index in [1.165, 1.54) is 103 Å². The Morgan fingerprint density at radius 3 is 1.56 bits per heavy atom. The molecule has 0 spiro atoms. The van der Waals surface area contributed by atoms with E-state index in [2.05, 4.69) is 276 Å².